The molecule has 0 aromatic carbocycles. The Bertz CT molecular complexity index is 321. The molecule has 0 bridgehead atoms. The van der Waals surface area contributed by atoms with Crippen molar-refractivity contribution in [2.45, 2.75) is 79.8 Å². The van der Waals surface area contributed by atoms with Crippen LogP contribution < -0.4 is 0 Å². The van der Waals surface area contributed by atoms with E-state index in [1.165, 1.54) is 0 Å². The molecule has 2 atom stereocenters. The molecule has 0 aliphatic carbocycles. The van der Waals surface area contributed by atoms with Crippen LogP contribution in [0.25, 0.3) is 0 Å². The molecule has 0 N–H and O–H groups in total. The molecule has 0 amide bonds. The molecule has 4 heteroatoms. The highest BCUT2D eigenvalue weighted by molar-refractivity contribution is 6.00. The summed E-state index contributed by atoms with van der Waals surface area (Å²) in [5.41, 5.74) is -1.16. The van der Waals surface area contributed by atoms with Crippen LogP contribution in [0.5, 0.6) is 0 Å². The molecule has 0 spiro atoms. The van der Waals surface area contributed by atoms with Gasteiger partial charge in [-0.05, 0) is 32.1 Å². The molecule has 0 aliphatic heterocycles. The van der Waals surface area contributed by atoms with Gasteiger partial charge in [0.2, 0.25) is 0 Å². The summed E-state index contributed by atoms with van der Waals surface area (Å²) in [7, 11) is 0. The van der Waals surface area contributed by atoms with E-state index >= 15 is 0 Å². The van der Waals surface area contributed by atoms with Crippen molar-refractivity contribution in [1.82, 2.24) is 0 Å². The van der Waals surface area contributed by atoms with Crippen LogP contribution in [0, 0.1) is 11.3 Å². The number of carbonyl (C=O) groups excluding carboxylic acids is 2. The van der Waals surface area contributed by atoms with Gasteiger partial charge in [-0.2, -0.15) is 0 Å². The quantitative estimate of drug-likeness (QED) is 0.346. The van der Waals surface area contributed by atoms with Crippen molar-refractivity contribution in [3.05, 3.63) is 0 Å². The van der Waals surface area contributed by atoms with Gasteiger partial charge in [0.25, 0.3) is 0 Å². The predicted octanol–water partition coefficient (Wildman–Crippen LogP) is 4.11. The fraction of sp³-hybridized carbons (Fsp3) is 0.882. The lowest BCUT2D eigenvalue weighted by Crippen LogP contribution is -2.43. The minimum absolute atomic E-state index is 0.191. The first-order valence-electron chi connectivity index (χ1n) is 8.27. The Morgan fingerprint density at radius 1 is 1.00 bits per heavy atom. The van der Waals surface area contributed by atoms with Gasteiger partial charge in [0, 0.05) is 0 Å². The number of unbranched alkanes of at least 4 members (excludes halogenated alkanes) is 1. The summed E-state index contributed by atoms with van der Waals surface area (Å²) in [6.45, 7) is 12.0. The minimum atomic E-state index is -1.16. The highest BCUT2D eigenvalue weighted by Crippen LogP contribution is 2.31. The molecule has 0 saturated heterocycles. The molecule has 0 aromatic heterocycles. The summed E-state index contributed by atoms with van der Waals surface area (Å²) >= 11 is 0. The Morgan fingerprint density at radius 2 is 1.57 bits per heavy atom. The number of ether oxygens (including phenoxy) is 2. The number of hydrogen-bond acceptors (Lipinski definition) is 4. The monoisotopic (exact) mass is 300 g/mol. The molecule has 0 saturated carbocycles. The molecular weight excluding hydrogens is 268 g/mol. The van der Waals surface area contributed by atoms with Gasteiger partial charge in [-0.1, -0.05) is 47.5 Å². The molecule has 2 unspecified atom stereocenters. The largest absolute Gasteiger partial charge is 0.465 e. The first-order chi connectivity index (χ1) is 9.89. The first kappa shape index (κ1) is 19.9. The zero-order valence-corrected chi connectivity index (χ0v) is 14.5. The second-order valence-corrected chi connectivity index (χ2v) is 5.77. The van der Waals surface area contributed by atoms with Crippen LogP contribution in [-0.4, -0.2) is 24.6 Å². The van der Waals surface area contributed by atoms with Gasteiger partial charge in [0.15, 0.2) is 5.41 Å². The van der Waals surface area contributed by atoms with Crippen LogP contribution in [0.2, 0.25) is 0 Å². The van der Waals surface area contributed by atoms with Crippen LogP contribution in [0.4, 0.5) is 0 Å². The fourth-order valence-corrected chi connectivity index (χ4v) is 2.09. The number of rotatable bonds is 10. The van der Waals surface area contributed by atoms with Gasteiger partial charge in [-0.25, -0.2) is 0 Å². The van der Waals surface area contributed by atoms with Gasteiger partial charge in [-0.15, -0.1) is 0 Å². The number of esters is 2. The highest BCUT2D eigenvalue weighted by atomic mass is 16.6. The third kappa shape index (κ3) is 5.33. The second kappa shape index (κ2) is 9.80. The average Bonchev–Trinajstić information content (AvgIpc) is 2.48. The molecule has 4 nitrogen and oxygen atoms in total. The molecule has 0 aromatic rings. The Labute approximate surface area is 129 Å². The fourth-order valence-electron chi connectivity index (χ4n) is 2.09. The third-order valence-corrected chi connectivity index (χ3v) is 4.46. The second-order valence-electron chi connectivity index (χ2n) is 5.77. The zero-order valence-electron chi connectivity index (χ0n) is 14.5. The van der Waals surface area contributed by atoms with Gasteiger partial charge in [0.1, 0.15) is 6.10 Å². The van der Waals surface area contributed by atoms with Gasteiger partial charge in [-0.3, -0.25) is 9.59 Å². The predicted molar refractivity (Wildman–Crippen MR) is 83.9 cm³/mol. The molecule has 124 valence electrons. The summed E-state index contributed by atoms with van der Waals surface area (Å²) in [5, 5.41) is 0. The standard InChI is InChI=1S/C17H32O4/c1-7-11-12-20-15(18)17(9-3,10-4)16(19)21-14(6)13(5)8-2/h13-14H,7-12H2,1-6H3. The van der Waals surface area contributed by atoms with Crippen LogP contribution in [-0.2, 0) is 19.1 Å². The summed E-state index contributed by atoms with van der Waals surface area (Å²) in [6, 6.07) is 0. The van der Waals surface area contributed by atoms with Crippen molar-refractivity contribution in [2.24, 2.45) is 11.3 Å². The van der Waals surface area contributed by atoms with Crippen LogP contribution in [0.15, 0.2) is 0 Å². The van der Waals surface area contributed by atoms with E-state index in [0.717, 1.165) is 19.3 Å². The minimum Gasteiger partial charge on any atom is -0.465 e. The van der Waals surface area contributed by atoms with Crippen LogP contribution in [0.1, 0.15) is 73.6 Å². The van der Waals surface area contributed by atoms with Crippen molar-refractivity contribution in [3.8, 4) is 0 Å². The van der Waals surface area contributed by atoms with E-state index in [1.54, 1.807) is 0 Å². The lowest BCUT2D eigenvalue weighted by molar-refractivity contribution is -0.177. The maximum Gasteiger partial charge on any atom is 0.323 e. The summed E-state index contributed by atoms with van der Waals surface area (Å²) in [4.78, 5) is 24.9. The van der Waals surface area contributed by atoms with Crippen molar-refractivity contribution in [2.75, 3.05) is 6.61 Å². The lowest BCUT2D eigenvalue weighted by atomic mass is 9.82. The van der Waals surface area contributed by atoms with Crippen molar-refractivity contribution in [1.29, 1.82) is 0 Å². The van der Waals surface area contributed by atoms with E-state index in [-0.39, 0.29) is 12.0 Å². The molecule has 0 aliphatic rings. The molecule has 0 heterocycles. The molecular formula is C17H32O4. The van der Waals surface area contributed by atoms with Gasteiger partial charge >= 0.3 is 11.9 Å². The summed E-state index contributed by atoms with van der Waals surface area (Å²) in [6.07, 6.45) is 3.31. The maximum absolute atomic E-state index is 12.5. The summed E-state index contributed by atoms with van der Waals surface area (Å²) < 4.78 is 10.8. The molecule has 0 fully saturated rings. The van der Waals surface area contributed by atoms with Crippen molar-refractivity contribution >= 4 is 11.9 Å². The van der Waals surface area contributed by atoms with Crippen molar-refractivity contribution < 1.29 is 19.1 Å². The van der Waals surface area contributed by atoms with Gasteiger partial charge < -0.3 is 9.47 Å². The lowest BCUT2D eigenvalue weighted by Gasteiger charge is -2.30. The zero-order chi connectivity index (χ0) is 16.5. The first-order valence-corrected chi connectivity index (χ1v) is 8.27. The van der Waals surface area contributed by atoms with E-state index in [0.29, 0.717) is 19.4 Å². The van der Waals surface area contributed by atoms with E-state index in [9.17, 15) is 9.59 Å². The van der Waals surface area contributed by atoms with Crippen LogP contribution in [0.3, 0.4) is 0 Å². The van der Waals surface area contributed by atoms with E-state index < -0.39 is 17.4 Å². The number of hydrogen-bond donors (Lipinski definition) is 0. The maximum atomic E-state index is 12.5. The molecule has 21 heavy (non-hydrogen) atoms. The highest BCUT2D eigenvalue weighted by Gasteiger charge is 2.46. The topological polar surface area (TPSA) is 52.6 Å². The number of carbonyl (C=O) groups is 2. The normalized spacial score (nSPS) is 14.4. The van der Waals surface area contributed by atoms with E-state index in [1.807, 2.05) is 34.6 Å². The molecule has 0 rings (SSSR count). The Kier molecular flexibility index (Phi) is 9.31. The Balaban J connectivity index is 4.91. The third-order valence-electron chi connectivity index (χ3n) is 4.46. The van der Waals surface area contributed by atoms with Crippen molar-refractivity contribution in [3.63, 3.8) is 0 Å². The molecule has 0 radical (unpaired) electrons. The average molecular weight is 300 g/mol. The van der Waals surface area contributed by atoms with Gasteiger partial charge in [0.05, 0.1) is 6.61 Å². The smallest absolute Gasteiger partial charge is 0.323 e. The Morgan fingerprint density at radius 3 is 2.00 bits per heavy atom. The Hall–Kier alpha value is -1.06. The summed E-state index contributed by atoms with van der Waals surface area (Å²) in [5.74, 6) is -0.611. The SMILES string of the molecule is CCCCOC(=O)C(CC)(CC)C(=O)OC(C)C(C)CC. The van der Waals surface area contributed by atoms with Crippen LogP contribution >= 0.6 is 0 Å². The van der Waals surface area contributed by atoms with E-state index in [4.69, 9.17) is 9.47 Å². The van der Waals surface area contributed by atoms with E-state index in [2.05, 4.69) is 6.92 Å².